The zero-order chi connectivity index (χ0) is 29.1. The van der Waals surface area contributed by atoms with Crippen molar-refractivity contribution in [1.29, 1.82) is 0 Å². The van der Waals surface area contributed by atoms with E-state index in [1.54, 1.807) is 54.8 Å². The summed E-state index contributed by atoms with van der Waals surface area (Å²) in [4.78, 5) is 44.6. The maximum Gasteiger partial charge on any atom is 0.344 e. The molecule has 0 fully saturated rings. The quantitative estimate of drug-likeness (QED) is 0.161. The number of halogens is 1. The highest BCUT2D eigenvalue weighted by atomic mass is 127. The fourth-order valence-corrected chi connectivity index (χ4v) is 6.19. The number of nitrogens with zero attached hydrogens (tertiary/aromatic N) is 2. The van der Waals surface area contributed by atoms with Crippen molar-refractivity contribution in [2.24, 2.45) is 4.99 Å². The molecule has 8 nitrogen and oxygen atoms in total. The van der Waals surface area contributed by atoms with Crippen molar-refractivity contribution in [1.82, 2.24) is 4.57 Å². The van der Waals surface area contributed by atoms with Crippen LogP contribution in [0, 0.1) is 3.57 Å². The molecule has 3 aromatic carbocycles. The molecule has 208 valence electrons. The van der Waals surface area contributed by atoms with Crippen LogP contribution >= 0.6 is 33.9 Å². The average Bonchev–Trinajstić information content (AvgIpc) is 3.27. The van der Waals surface area contributed by atoms with Crippen LogP contribution in [-0.2, 0) is 9.53 Å². The van der Waals surface area contributed by atoms with Gasteiger partial charge in [0.15, 0.2) is 16.3 Å². The number of esters is 2. The number of benzene rings is 3. The highest BCUT2D eigenvalue weighted by Gasteiger charge is 2.33. The van der Waals surface area contributed by atoms with E-state index in [-0.39, 0.29) is 17.9 Å². The van der Waals surface area contributed by atoms with Gasteiger partial charge in [0, 0.05) is 3.57 Å². The van der Waals surface area contributed by atoms with Crippen LogP contribution in [0.15, 0.2) is 93.9 Å². The molecule has 0 spiro atoms. The van der Waals surface area contributed by atoms with Crippen LogP contribution in [0.25, 0.3) is 6.08 Å². The Bertz CT molecular complexity index is 1860. The lowest BCUT2D eigenvalue weighted by atomic mass is 9.96. The third-order valence-electron chi connectivity index (χ3n) is 6.41. The number of fused-ring (bicyclic) bond motifs is 1. The molecule has 0 N–H and O–H groups in total. The van der Waals surface area contributed by atoms with Crippen molar-refractivity contribution in [2.45, 2.75) is 19.9 Å². The molecule has 4 aromatic rings. The van der Waals surface area contributed by atoms with Crippen LogP contribution in [0.1, 0.15) is 41.4 Å². The first-order chi connectivity index (χ1) is 19.8. The molecule has 10 heteroatoms. The van der Waals surface area contributed by atoms with Gasteiger partial charge in [-0.25, -0.2) is 14.6 Å². The molecule has 0 unspecified atom stereocenters. The zero-order valence-electron chi connectivity index (χ0n) is 22.4. The third kappa shape index (κ3) is 5.75. The zero-order valence-corrected chi connectivity index (χ0v) is 25.4. The summed E-state index contributed by atoms with van der Waals surface area (Å²) in [6.07, 6.45) is 1.73. The molecule has 0 saturated carbocycles. The largest absolute Gasteiger partial charge is 0.493 e. The molecule has 0 bridgehead atoms. The Labute approximate surface area is 253 Å². The highest BCUT2D eigenvalue weighted by Crippen LogP contribution is 2.31. The Balaban J connectivity index is 1.55. The van der Waals surface area contributed by atoms with Crippen LogP contribution in [0.5, 0.6) is 11.5 Å². The van der Waals surface area contributed by atoms with Crippen molar-refractivity contribution in [3.63, 3.8) is 0 Å². The summed E-state index contributed by atoms with van der Waals surface area (Å²) in [5, 5.41) is 0. The van der Waals surface area contributed by atoms with Gasteiger partial charge >= 0.3 is 11.9 Å². The summed E-state index contributed by atoms with van der Waals surface area (Å²) in [6.45, 7) is 3.70. The molecule has 1 aliphatic heterocycles. The van der Waals surface area contributed by atoms with Crippen LogP contribution in [0.4, 0.5) is 0 Å². The van der Waals surface area contributed by atoms with E-state index in [0.29, 0.717) is 37.5 Å². The van der Waals surface area contributed by atoms with E-state index < -0.39 is 18.0 Å². The van der Waals surface area contributed by atoms with E-state index in [4.69, 9.17) is 14.2 Å². The van der Waals surface area contributed by atoms with Gasteiger partial charge in [-0.2, -0.15) is 0 Å². The molecule has 2 heterocycles. The minimum absolute atomic E-state index is 0.208. The number of ether oxygens (including phenoxy) is 3. The fourth-order valence-electron chi connectivity index (χ4n) is 4.53. The van der Waals surface area contributed by atoms with E-state index in [0.717, 1.165) is 9.13 Å². The fraction of sp³-hybridized carbons (Fsp3) is 0.161. The number of methoxy groups -OCH3 is 1. The average molecular weight is 681 g/mol. The van der Waals surface area contributed by atoms with Gasteiger partial charge in [-0.3, -0.25) is 9.36 Å². The lowest BCUT2D eigenvalue weighted by Crippen LogP contribution is -2.39. The molecule has 0 amide bonds. The van der Waals surface area contributed by atoms with E-state index in [1.165, 1.54) is 18.4 Å². The third-order valence-corrected chi connectivity index (χ3v) is 8.34. The predicted molar refractivity (Wildman–Crippen MR) is 164 cm³/mol. The second-order valence-corrected chi connectivity index (χ2v) is 11.2. The lowest BCUT2D eigenvalue weighted by molar-refractivity contribution is -0.139. The number of hydrogen-bond donors (Lipinski definition) is 0. The summed E-state index contributed by atoms with van der Waals surface area (Å²) >= 11 is 3.31. The molecule has 1 aliphatic rings. The molecular weight excluding hydrogens is 655 g/mol. The van der Waals surface area contributed by atoms with E-state index in [2.05, 4.69) is 27.6 Å². The van der Waals surface area contributed by atoms with Crippen LogP contribution < -0.4 is 24.4 Å². The van der Waals surface area contributed by atoms with Crippen LogP contribution in [0.3, 0.4) is 0 Å². The van der Waals surface area contributed by atoms with Crippen molar-refractivity contribution >= 4 is 51.9 Å². The first kappa shape index (κ1) is 28.5. The molecule has 5 rings (SSSR count). The number of aromatic nitrogens is 1. The van der Waals surface area contributed by atoms with Gasteiger partial charge in [0.05, 0.1) is 41.1 Å². The van der Waals surface area contributed by atoms with Gasteiger partial charge in [-0.15, -0.1) is 0 Å². The van der Waals surface area contributed by atoms with E-state index >= 15 is 0 Å². The summed E-state index contributed by atoms with van der Waals surface area (Å²) < 4.78 is 19.2. The monoisotopic (exact) mass is 680 g/mol. The second-order valence-electron chi connectivity index (χ2n) is 8.99. The van der Waals surface area contributed by atoms with Gasteiger partial charge < -0.3 is 14.2 Å². The summed E-state index contributed by atoms with van der Waals surface area (Å²) in [7, 11) is 1.48. The van der Waals surface area contributed by atoms with Crippen molar-refractivity contribution in [2.75, 3.05) is 13.7 Å². The van der Waals surface area contributed by atoms with Crippen LogP contribution in [-0.4, -0.2) is 30.2 Å². The van der Waals surface area contributed by atoms with Crippen molar-refractivity contribution in [3.05, 3.63) is 124 Å². The number of thiazole rings is 1. The summed E-state index contributed by atoms with van der Waals surface area (Å²) in [6, 6.07) is 20.9. The number of allylic oxidation sites excluding steroid dienone is 1. The van der Waals surface area contributed by atoms with E-state index in [1.807, 2.05) is 42.5 Å². The molecule has 0 radical (unpaired) electrons. The maximum absolute atomic E-state index is 13.8. The van der Waals surface area contributed by atoms with Crippen LogP contribution in [0.2, 0.25) is 0 Å². The SMILES string of the molecule is CCOC(=O)C1=C(C)N=c2sc(=Cc3ccc(OC(=O)c4ccccc4I)c(OC)c3)c(=O)n2[C@@H]1c1ccccc1. The van der Waals surface area contributed by atoms with Gasteiger partial charge in [-0.05, 0) is 77.9 Å². The maximum atomic E-state index is 13.8. The van der Waals surface area contributed by atoms with Crippen molar-refractivity contribution < 1.29 is 23.8 Å². The second kappa shape index (κ2) is 12.2. The minimum Gasteiger partial charge on any atom is -0.493 e. The molecule has 0 saturated heterocycles. The molecular formula is C31H25IN2O6S. The van der Waals surface area contributed by atoms with Gasteiger partial charge in [-0.1, -0.05) is 59.9 Å². The Morgan fingerprint density at radius 3 is 2.46 bits per heavy atom. The number of hydrogen-bond acceptors (Lipinski definition) is 8. The number of rotatable bonds is 7. The first-order valence-electron chi connectivity index (χ1n) is 12.7. The number of carbonyl (C=O) groups excluding carboxylic acids is 2. The predicted octanol–water partition coefficient (Wildman–Crippen LogP) is 4.63. The normalized spacial score (nSPS) is 14.7. The lowest BCUT2D eigenvalue weighted by Gasteiger charge is -2.24. The Hall–Kier alpha value is -4.03. The van der Waals surface area contributed by atoms with Gasteiger partial charge in [0.1, 0.15) is 0 Å². The minimum atomic E-state index is -0.675. The topological polar surface area (TPSA) is 96.2 Å². The smallest absolute Gasteiger partial charge is 0.344 e. The van der Waals surface area contributed by atoms with Gasteiger partial charge in [0.25, 0.3) is 5.56 Å². The molecule has 1 atom stereocenters. The Kier molecular flexibility index (Phi) is 8.50. The van der Waals surface area contributed by atoms with Gasteiger partial charge in [0.2, 0.25) is 0 Å². The molecule has 0 aliphatic carbocycles. The number of carbonyl (C=O) groups is 2. The first-order valence-corrected chi connectivity index (χ1v) is 14.6. The summed E-state index contributed by atoms with van der Waals surface area (Å²) in [5.41, 5.74) is 2.44. The standard InChI is InChI=1S/C31H25IN2O6S/c1-4-39-30(37)26-18(2)33-31-34(27(26)20-10-6-5-7-11-20)28(35)25(41-31)17-19-14-15-23(24(16-19)38-3)40-29(36)21-12-8-9-13-22(21)32/h5-17,27H,4H2,1-3H3/t27-/m1/s1. The highest BCUT2D eigenvalue weighted by molar-refractivity contribution is 14.1. The Morgan fingerprint density at radius 1 is 1.02 bits per heavy atom. The Morgan fingerprint density at radius 2 is 1.76 bits per heavy atom. The summed E-state index contributed by atoms with van der Waals surface area (Å²) in [5.74, 6) is -0.400. The van der Waals surface area contributed by atoms with E-state index in [9.17, 15) is 14.4 Å². The molecule has 41 heavy (non-hydrogen) atoms. The van der Waals surface area contributed by atoms with Crippen molar-refractivity contribution in [3.8, 4) is 11.5 Å². The molecule has 1 aromatic heterocycles.